The van der Waals surface area contributed by atoms with Crippen molar-refractivity contribution in [1.82, 2.24) is 5.32 Å². The number of rotatable bonds is 9. The fourth-order valence-corrected chi connectivity index (χ4v) is 3.87. The Labute approximate surface area is 196 Å². The summed E-state index contributed by atoms with van der Waals surface area (Å²) in [6, 6.07) is 11.3. The molecule has 0 spiro atoms. The van der Waals surface area contributed by atoms with E-state index in [0.29, 0.717) is 23.7 Å². The molecule has 3 rings (SSSR count). The number of nitrogens with one attached hydrogen (secondary N) is 1. The van der Waals surface area contributed by atoms with Gasteiger partial charge in [-0.15, -0.1) is 0 Å². The minimum atomic E-state index is -0.468. The summed E-state index contributed by atoms with van der Waals surface area (Å²) >= 11 is 6.44. The molecule has 0 heterocycles. The van der Waals surface area contributed by atoms with Crippen LogP contribution in [-0.4, -0.2) is 23.5 Å². The molecule has 1 saturated carbocycles. The second-order valence-electron chi connectivity index (χ2n) is 7.60. The van der Waals surface area contributed by atoms with Gasteiger partial charge in [0, 0.05) is 18.2 Å². The van der Waals surface area contributed by atoms with Gasteiger partial charge in [0.25, 0.3) is 11.6 Å². The van der Waals surface area contributed by atoms with Crippen molar-refractivity contribution in [3.05, 3.63) is 68.2 Å². The van der Waals surface area contributed by atoms with Gasteiger partial charge >= 0.3 is 0 Å². The number of hydrogen-bond acceptors (Lipinski definition) is 6. The van der Waals surface area contributed by atoms with Gasteiger partial charge in [-0.3, -0.25) is 14.9 Å². The van der Waals surface area contributed by atoms with E-state index in [9.17, 15) is 20.2 Å². The molecule has 0 saturated heterocycles. The maximum Gasteiger partial charge on any atom is 0.269 e. The quantitative estimate of drug-likeness (QED) is 0.234. The Balaban J connectivity index is 1.79. The summed E-state index contributed by atoms with van der Waals surface area (Å²) < 4.78 is 11.5. The van der Waals surface area contributed by atoms with Gasteiger partial charge in [0.05, 0.1) is 16.6 Å². The Hall–Kier alpha value is -3.57. The average Bonchev–Trinajstić information content (AvgIpc) is 3.30. The zero-order valence-electron chi connectivity index (χ0n) is 18.2. The Morgan fingerprint density at radius 2 is 1.97 bits per heavy atom. The second-order valence-corrected chi connectivity index (χ2v) is 8.01. The molecular formula is C24H24ClN3O5. The van der Waals surface area contributed by atoms with E-state index >= 15 is 0 Å². The third-order valence-corrected chi connectivity index (χ3v) is 5.51. The fraction of sp³-hybridized carbons (Fsp3) is 0.333. The zero-order valence-corrected chi connectivity index (χ0v) is 18.9. The molecule has 0 bridgehead atoms. The van der Waals surface area contributed by atoms with Gasteiger partial charge in [-0.2, -0.15) is 5.26 Å². The molecule has 0 unspecified atom stereocenters. The number of hydrogen-bond donors (Lipinski definition) is 1. The van der Waals surface area contributed by atoms with Crippen molar-refractivity contribution in [1.29, 1.82) is 5.26 Å². The van der Waals surface area contributed by atoms with Gasteiger partial charge in [0.1, 0.15) is 18.2 Å². The maximum atomic E-state index is 12.5. The van der Waals surface area contributed by atoms with Crippen molar-refractivity contribution in [3.8, 4) is 17.6 Å². The van der Waals surface area contributed by atoms with Gasteiger partial charge in [-0.05, 0) is 61.2 Å². The van der Waals surface area contributed by atoms with Gasteiger partial charge in [0.15, 0.2) is 11.5 Å². The predicted molar refractivity (Wildman–Crippen MR) is 124 cm³/mol. The van der Waals surface area contributed by atoms with E-state index in [2.05, 4.69) is 5.32 Å². The van der Waals surface area contributed by atoms with Crippen molar-refractivity contribution in [2.24, 2.45) is 0 Å². The Bertz CT molecular complexity index is 1090. The highest BCUT2D eigenvalue weighted by molar-refractivity contribution is 6.32. The number of nitrogens with zero attached hydrogens (tertiary/aromatic N) is 2. The molecule has 0 radical (unpaired) electrons. The fourth-order valence-electron chi connectivity index (χ4n) is 3.59. The van der Waals surface area contributed by atoms with Crippen LogP contribution < -0.4 is 14.8 Å². The minimum absolute atomic E-state index is 0.00630. The molecule has 33 heavy (non-hydrogen) atoms. The lowest BCUT2D eigenvalue weighted by Gasteiger charge is -2.15. The summed E-state index contributed by atoms with van der Waals surface area (Å²) in [6.07, 6.45) is 5.46. The predicted octanol–water partition coefficient (Wildman–Crippen LogP) is 5.19. The summed E-state index contributed by atoms with van der Waals surface area (Å²) in [7, 11) is 0. The van der Waals surface area contributed by atoms with Crippen LogP contribution in [0.15, 0.2) is 42.0 Å². The molecule has 2 aromatic carbocycles. The molecule has 9 heteroatoms. The lowest BCUT2D eigenvalue weighted by atomic mass is 10.1. The third-order valence-electron chi connectivity index (χ3n) is 5.23. The van der Waals surface area contributed by atoms with Crippen LogP contribution in [0.4, 0.5) is 5.69 Å². The van der Waals surface area contributed by atoms with E-state index in [-0.39, 0.29) is 28.9 Å². The first-order chi connectivity index (χ1) is 15.9. The number of nitriles is 1. The number of nitro groups is 1. The van der Waals surface area contributed by atoms with Gasteiger partial charge < -0.3 is 14.8 Å². The Kier molecular flexibility index (Phi) is 8.28. The monoisotopic (exact) mass is 469 g/mol. The molecule has 0 aliphatic heterocycles. The first-order valence-corrected chi connectivity index (χ1v) is 11.0. The molecule has 1 aliphatic rings. The van der Waals surface area contributed by atoms with E-state index in [4.69, 9.17) is 21.1 Å². The lowest BCUT2D eigenvalue weighted by molar-refractivity contribution is -0.384. The molecule has 1 N–H and O–H groups in total. The van der Waals surface area contributed by atoms with Crippen molar-refractivity contribution >= 4 is 29.3 Å². The second kappa shape index (κ2) is 11.3. The van der Waals surface area contributed by atoms with Crippen LogP contribution >= 0.6 is 11.6 Å². The number of carbonyl (C=O) groups is 1. The first-order valence-electron chi connectivity index (χ1n) is 10.7. The van der Waals surface area contributed by atoms with E-state index in [1.54, 1.807) is 24.3 Å². The molecule has 0 atom stereocenters. The molecule has 2 aromatic rings. The molecule has 172 valence electrons. The Morgan fingerprint density at radius 1 is 1.27 bits per heavy atom. The normalized spacial score (nSPS) is 13.9. The highest BCUT2D eigenvalue weighted by Crippen LogP contribution is 2.38. The summed E-state index contributed by atoms with van der Waals surface area (Å²) in [5.74, 6) is 0.270. The van der Waals surface area contributed by atoms with Gasteiger partial charge in [0.2, 0.25) is 0 Å². The number of benzene rings is 2. The standard InChI is InChI=1S/C24H24ClN3O5/c1-2-32-22-13-17(11-18(14-26)24(29)27-19-5-3-4-6-19)12-21(25)23(22)33-15-16-7-9-20(10-8-16)28(30)31/h7-13,19H,2-6,15H2,1H3,(H,27,29)/b18-11-. The van der Waals surface area contributed by atoms with Crippen LogP contribution in [0.2, 0.25) is 5.02 Å². The molecule has 1 fully saturated rings. The van der Waals surface area contributed by atoms with Crippen molar-refractivity contribution < 1.29 is 19.2 Å². The molecule has 1 aliphatic carbocycles. The van der Waals surface area contributed by atoms with Crippen LogP contribution in [0.25, 0.3) is 6.08 Å². The summed E-state index contributed by atoms with van der Waals surface area (Å²) in [6.45, 7) is 2.29. The smallest absolute Gasteiger partial charge is 0.269 e. The highest BCUT2D eigenvalue weighted by atomic mass is 35.5. The summed E-state index contributed by atoms with van der Waals surface area (Å²) in [5.41, 5.74) is 1.23. The highest BCUT2D eigenvalue weighted by Gasteiger charge is 2.20. The van der Waals surface area contributed by atoms with Crippen LogP contribution in [0.3, 0.4) is 0 Å². The number of nitro benzene ring substituents is 1. The van der Waals surface area contributed by atoms with E-state index in [1.807, 2.05) is 13.0 Å². The van der Waals surface area contributed by atoms with Crippen molar-refractivity contribution in [2.45, 2.75) is 45.3 Å². The SMILES string of the molecule is CCOc1cc(/C=C(/C#N)C(=O)NC2CCCC2)cc(Cl)c1OCc1ccc([N+](=O)[O-])cc1. The Morgan fingerprint density at radius 3 is 2.58 bits per heavy atom. The van der Waals surface area contributed by atoms with Gasteiger partial charge in [-0.1, -0.05) is 24.4 Å². The number of ether oxygens (including phenoxy) is 2. The van der Waals surface area contributed by atoms with Crippen LogP contribution in [0.5, 0.6) is 11.5 Å². The molecule has 1 amide bonds. The molecule has 8 nitrogen and oxygen atoms in total. The van der Waals surface area contributed by atoms with E-state index < -0.39 is 10.8 Å². The van der Waals surface area contributed by atoms with Crippen LogP contribution in [-0.2, 0) is 11.4 Å². The average molecular weight is 470 g/mol. The first kappa shape index (κ1) is 24.1. The van der Waals surface area contributed by atoms with Crippen molar-refractivity contribution in [3.63, 3.8) is 0 Å². The number of halogens is 1. The zero-order chi connectivity index (χ0) is 23.8. The molecule has 0 aromatic heterocycles. The molecular weight excluding hydrogens is 446 g/mol. The summed E-state index contributed by atoms with van der Waals surface area (Å²) in [5, 5.41) is 23.4. The van der Waals surface area contributed by atoms with Gasteiger partial charge in [-0.25, -0.2) is 0 Å². The minimum Gasteiger partial charge on any atom is -0.490 e. The topological polar surface area (TPSA) is 114 Å². The van der Waals surface area contributed by atoms with E-state index in [1.165, 1.54) is 18.2 Å². The van der Waals surface area contributed by atoms with Crippen LogP contribution in [0, 0.1) is 21.4 Å². The summed E-state index contributed by atoms with van der Waals surface area (Å²) in [4.78, 5) is 22.8. The number of carbonyl (C=O) groups excluding carboxylic acids is 1. The number of amides is 1. The largest absolute Gasteiger partial charge is 0.490 e. The van der Waals surface area contributed by atoms with Crippen molar-refractivity contribution in [2.75, 3.05) is 6.61 Å². The number of non-ortho nitro benzene ring substituents is 1. The lowest BCUT2D eigenvalue weighted by Crippen LogP contribution is -2.33. The van der Waals surface area contributed by atoms with E-state index in [0.717, 1.165) is 31.2 Å². The maximum absolute atomic E-state index is 12.5. The van der Waals surface area contributed by atoms with Crippen LogP contribution in [0.1, 0.15) is 43.7 Å². The third kappa shape index (κ3) is 6.46.